The summed E-state index contributed by atoms with van der Waals surface area (Å²) in [6, 6.07) is 9.03. The monoisotopic (exact) mass is 346 g/mol. The maximum Gasteiger partial charge on any atom is 0.233 e. The van der Waals surface area contributed by atoms with E-state index in [4.69, 9.17) is 0 Å². The molecule has 1 N–H and O–H groups in total. The van der Waals surface area contributed by atoms with E-state index in [0.29, 0.717) is 5.56 Å². The third-order valence-electron chi connectivity index (χ3n) is 4.87. The van der Waals surface area contributed by atoms with Crippen LogP contribution in [0.25, 0.3) is 0 Å². The number of benzene rings is 1. The van der Waals surface area contributed by atoms with Crippen LogP contribution in [0.5, 0.6) is 0 Å². The van der Waals surface area contributed by atoms with Crippen molar-refractivity contribution in [2.24, 2.45) is 11.8 Å². The van der Waals surface area contributed by atoms with Crippen LogP contribution in [0.15, 0.2) is 30.3 Å². The fourth-order valence-corrected chi connectivity index (χ4v) is 3.68. The lowest BCUT2D eigenvalue weighted by atomic mass is 9.61. The van der Waals surface area contributed by atoms with Crippen LogP contribution < -0.4 is 0 Å². The Morgan fingerprint density at radius 1 is 1.04 bits per heavy atom. The summed E-state index contributed by atoms with van der Waals surface area (Å²) in [5, 5.41) is 10.9. The molecule has 0 spiro atoms. The van der Waals surface area contributed by atoms with Crippen LogP contribution in [0.1, 0.15) is 24.8 Å². The number of Topliss-reactive ketones (excluding diaryl/α,β-unsaturated/α-hetero) is 1. The molecule has 1 aliphatic rings. The first kappa shape index (κ1) is 19.1. The third-order valence-corrected chi connectivity index (χ3v) is 4.87. The van der Waals surface area contributed by atoms with Gasteiger partial charge in [0.2, 0.25) is 11.8 Å². The smallest absolute Gasteiger partial charge is 0.233 e. The van der Waals surface area contributed by atoms with Crippen LogP contribution in [0.4, 0.5) is 0 Å². The molecule has 1 saturated carbocycles. The van der Waals surface area contributed by atoms with E-state index in [9.17, 15) is 19.5 Å². The molecule has 6 heteroatoms. The Morgan fingerprint density at radius 3 is 2.04 bits per heavy atom. The number of aliphatic hydroxyl groups is 1. The normalized spacial score (nSPS) is 29.2. The van der Waals surface area contributed by atoms with Crippen LogP contribution in [0.3, 0.4) is 0 Å². The van der Waals surface area contributed by atoms with Crippen molar-refractivity contribution in [3.63, 3.8) is 0 Å². The lowest BCUT2D eigenvalue weighted by Gasteiger charge is -2.45. The average molecular weight is 346 g/mol. The summed E-state index contributed by atoms with van der Waals surface area (Å²) < 4.78 is 0. The van der Waals surface area contributed by atoms with E-state index in [2.05, 4.69) is 0 Å². The predicted molar refractivity (Wildman–Crippen MR) is 93.8 cm³/mol. The van der Waals surface area contributed by atoms with E-state index in [1.165, 1.54) is 16.7 Å². The summed E-state index contributed by atoms with van der Waals surface area (Å²) in [7, 11) is 6.40. The van der Waals surface area contributed by atoms with Crippen LogP contribution >= 0.6 is 0 Å². The van der Waals surface area contributed by atoms with Gasteiger partial charge in [0, 0.05) is 40.5 Å². The minimum absolute atomic E-state index is 0.217. The minimum Gasteiger partial charge on any atom is -0.389 e. The standard InChI is InChI=1S/C19H26N2O4/c1-19(25)11-13(22)15(17(23)20(2)3)14(12-9-7-6-8-10-12)16(19)18(24)21(4)5/h6-10,14-16,25H,11H2,1-5H3. The van der Waals surface area contributed by atoms with Crippen molar-refractivity contribution in [3.8, 4) is 0 Å². The largest absolute Gasteiger partial charge is 0.389 e. The van der Waals surface area contributed by atoms with Crippen LogP contribution in [-0.4, -0.2) is 66.3 Å². The first-order chi connectivity index (χ1) is 11.6. The van der Waals surface area contributed by atoms with Crippen molar-refractivity contribution in [2.45, 2.75) is 24.9 Å². The first-order valence-electron chi connectivity index (χ1n) is 8.30. The average Bonchev–Trinajstić information content (AvgIpc) is 2.52. The molecule has 1 aliphatic carbocycles. The molecule has 2 rings (SSSR count). The van der Waals surface area contributed by atoms with Gasteiger partial charge in [-0.25, -0.2) is 0 Å². The second-order valence-electron chi connectivity index (χ2n) is 7.36. The number of ketones is 1. The fourth-order valence-electron chi connectivity index (χ4n) is 3.68. The van der Waals surface area contributed by atoms with Gasteiger partial charge in [0.1, 0.15) is 11.7 Å². The van der Waals surface area contributed by atoms with Gasteiger partial charge in [-0.1, -0.05) is 30.3 Å². The van der Waals surface area contributed by atoms with Crippen molar-refractivity contribution < 1.29 is 19.5 Å². The van der Waals surface area contributed by atoms with Crippen molar-refractivity contribution >= 4 is 17.6 Å². The Labute approximate surface area is 148 Å². The molecule has 1 fully saturated rings. The number of carbonyl (C=O) groups excluding carboxylic acids is 3. The van der Waals surface area contributed by atoms with E-state index < -0.39 is 23.4 Å². The predicted octanol–water partition coefficient (Wildman–Crippen LogP) is 0.903. The topological polar surface area (TPSA) is 77.9 Å². The Morgan fingerprint density at radius 2 is 1.56 bits per heavy atom. The third kappa shape index (κ3) is 3.58. The number of hydrogen-bond acceptors (Lipinski definition) is 4. The molecule has 0 bridgehead atoms. The van der Waals surface area contributed by atoms with Gasteiger partial charge >= 0.3 is 0 Å². The lowest BCUT2D eigenvalue weighted by molar-refractivity contribution is -0.160. The molecule has 1 aromatic rings. The summed E-state index contributed by atoms with van der Waals surface area (Å²) in [5.41, 5.74) is -0.807. The molecule has 1 aromatic carbocycles. The highest BCUT2D eigenvalue weighted by molar-refractivity contribution is 6.04. The van der Waals surface area contributed by atoms with Gasteiger partial charge in [0.05, 0.1) is 11.5 Å². The second kappa shape index (κ2) is 6.96. The van der Waals surface area contributed by atoms with Gasteiger partial charge in [-0.15, -0.1) is 0 Å². The molecule has 0 aliphatic heterocycles. The van der Waals surface area contributed by atoms with Crippen molar-refractivity contribution in [1.29, 1.82) is 0 Å². The maximum absolute atomic E-state index is 12.9. The highest BCUT2D eigenvalue weighted by atomic mass is 16.3. The molecule has 0 saturated heterocycles. The highest BCUT2D eigenvalue weighted by Crippen LogP contribution is 2.46. The molecule has 6 nitrogen and oxygen atoms in total. The van der Waals surface area contributed by atoms with Crippen molar-refractivity contribution in [2.75, 3.05) is 28.2 Å². The quantitative estimate of drug-likeness (QED) is 0.825. The van der Waals surface area contributed by atoms with Crippen LogP contribution in [-0.2, 0) is 14.4 Å². The molecular weight excluding hydrogens is 320 g/mol. The second-order valence-corrected chi connectivity index (χ2v) is 7.36. The van der Waals surface area contributed by atoms with Gasteiger partial charge in [0.25, 0.3) is 0 Å². The van der Waals surface area contributed by atoms with E-state index in [0.717, 1.165) is 0 Å². The minimum atomic E-state index is -1.51. The number of hydrogen-bond donors (Lipinski definition) is 1. The molecule has 4 unspecified atom stereocenters. The summed E-state index contributed by atoms with van der Waals surface area (Å²) in [4.78, 5) is 41.1. The highest BCUT2D eigenvalue weighted by Gasteiger charge is 2.56. The van der Waals surface area contributed by atoms with Crippen LogP contribution in [0, 0.1) is 11.8 Å². The summed E-state index contributed by atoms with van der Waals surface area (Å²) in [6.45, 7) is 1.50. The molecule has 0 aromatic heterocycles. The molecular formula is C19H26N2O4. The summed E-state index contributed by atoms with van der Waals surface area (Å²) in [6.07, 6.45) is -0.217. The summed E-state index contributed by atoms with van der Waals surface area (Å²) >= 11 is 0. The van der Waals surface area contributed by atoms with Gasteiger partial charge in [-0.3, -0.25) is 14.4 Å². The number of amides is 2. The van der Waals surface area contributed by atoms with Crippen molar-refractivity contribution in [3.05, 3.63) is 35.9 Å². The maximum atomic E-state index is 12.9. The van der Waals surface area contributed by atoms with Crippen molar-refractivity contribution in [1.82, 2.24) is 9.80 Å². The van der Waals surface area contributed by atoms with Gasteiger partial charge in [-0.2, -0.15) is 0 Å². The van der Waals surface area contributed by atoms with E-state index in [-0.39, 0.29) is 24.0 Å². The number of carbonyl (C=O) groups is 3. The molecule has 136 valence electrons. The van der Waals surface area contributed by atoms with E-state index in [1.807, 2.05) is 6.07 Å². The molecule has 0 heterocycles. The van der Waals surface area contributed by atoms with Gasteiger partial charge < -0.3 is 14.9 Å². The van der Waals surface area contributed by atoms with E-state index in [1.54, 1.807) is 52.5 Å². The molecule has 2 amide bonds. The number of rotatable bonds is 3. The lowest BCUT2D eigenvalue weighted by Crippen LogP contribution is -2.58. The number of nitrogens with zero attached hydrogens (tertiary/aromatic N) is 2. The fraction of sp³-hybridized carbons (Fsp3) is 0.526. The first-order valence-corrected chi connectivity index (χ1v) is 8.30. The zero-order valence-electron chi connectivity index (χ0n) is 15.4. The van der Waals surface area contributed by atoms with Gasteiger partial charge in [0.15, 0.2) is 0 Å². The van der Waals surface area contributed by atoms with E-state index >= 15 is 0 Å². The zero-order valence-corrected chi connectivity index (χ0v) is 15.4. The Hall–Kier alpha value is -2.21. The van der Waals surface area contributed by atoms with Crippen LogP contribution in [0.2, 0.25) is 0 Å². The molecule has 0 radical (unpaired) electrons. The van der Waals surface area contributed by atoms with Gasteiger partial charge in [-0.05, 0) is 12.5 Å². The Kier molecular flexibility index (Phi) is 5.32. The SMILES string of the molecule is CN(C)C(=O)C1C(=O)CC(C)(O)C(C(=O)N(C)C)C1c1ccccc1. The Bertz CT molecular complexity index is 667. The Balaban J connectivity index is 2.65. The molecule has 25 heavy (non-hydrogen) atoms. The molecule has 4 atom stereocenters. The summed E-state index contributed by atoms with van der Waals surface area (Å²) in [5.74, 6) is -3.53. The zero-order chi connectivity index (χ0) is 18.9.